The fraction of sp³-hybridized carbons (Fsp3) is 0.524. The van der Waals surface area contributed by atoms with E-state index in [4.69, 9.17) is 0 Å². The van der Waals surface area contributed by atoms with Gasteiger partial charge in [0.25, 0.3) is 0 Å². The number of amides is 1. The van der Waals surface area contributed by atoms with Crippen LogP contribution in [0, 0.1) is 0 Å². The van der Waals surface area contributed by atoms with Gasteiger partial charge in [-0.3, -0.25) is 4.79 Å². The van der Waals surface area contributed by atoms with Crippen LogP contribution >= 0.6 is 24.0 Å². The molecule has 1 aromatic rings. The van der Waals surface area contributed by atoms with Crippen molar-refractivity contribution in [2.75, 3.05) is 45.2 Å². The highest BCUT2D eigenvalue weighted by molar-refractivity contribution is 14.0. The van der Waals surface area contributed by atoms with E-state index in [0.29, 0.717) is 12.5 Å². The van der Waals surface area contributed by atoms with Gasteiger partial charge in [0.05, 0.1) is 0 Å². The maximum atomic E-state index is 12.3. The van der Waals surface area contributed by atoms with Gasteiger partial charge in [0.2, 0.25) is 5.91 Å². The molecular formula is C21H32F2IN5O2. The van der Waals surface area contributed by atoms with E-state index in [-0.39, 0.29) is 48.2 Å². The number of hydrogen-bond donors (Lipinski definition) is 2. The number of nitrogens with one attached hydrogen (secondary N) is 2. The maximum absolute atomic E-state index is 12.3. The summed E-state index contributed by atoms with van der Waals surface area (Å²) in [6.07, 6.45) is 1.93. The van der Waals surface area contributed by atoms with Crippen molar-refractivity contribution in [3.05, 3.63) is 36.4 Å². The normalized spacial score (nSPS) is 16.4. The lowest BCUT2D eigenvalue weighted by Gasteiger charge is -2.35. The number of likely N-dealkylation sites (N-methyl/N-ethyl adjacent to an activating group) is 1. The molecule has 1 aliphatic heterocycles. The van der Waals surface area contributed by atoms with Crippen LogP contribution in [0.15, 0.2) is 41.4 Å². The van der Waals surface area contributed by atoms with Crippen molar-refractivity contribution < 1.29 is 18.3 Å². The molecule has 0 aliphatic carbocycles. The van der Waals surface area contributed by atoms with Crippen LogP contribution in [0.2, 0.25) is 0 Å². The fourth-order valence-electron chi connectivity index (χ4n) is 3.04. The molecule has 2 N–H and O–H groups in total. The molecule has 1 aromatic carbocycles. The van der Waals surface area contributed by atoms with Crippen LogP contribution < -0.4 is 20.3 Å². The molecule has 0 aromatic heterocycles. The van der Waals surface area contributed by atoms with E-state index < -0.39 is 6.61 Å². The molecule has 10 heteroatoms. The summed E-state index contributed by atoms with van der Waals surface area (Å²) in [5.41, 5.74) is 1.90. The van der Waals surface area contributed by atoms with Gasteiger partial charge in [0.15, 0.2) is 5.96 Å². The summed E-state index contributed by atoms with van der Waals surface area (Å²) in [4.78, 5) is 20.0. The highest BCUT2D eigenvalue weighted by atomic mass is 127. The van der Waals surface area contributed by atoms with E-state index >= 15 is 0 Å². The quantitative estimate of drug-likeness (QED) is 0.225. The van der Waals surface area contributed by atoms with Gasteiger partial charge in [-0.15, -0.1) is 24.0 Å². The van der Waals surface area contributed by atoms with Crippen molar-refractivity contribution in [3.63, 3.8) is 0 Å². The lowest BCUT2D eigenvalue weighted by molar-refractivity contribution is -0.127. The van der Waals surface area contributed by atoms with Crippen molar-refractivity contribution in [2.24, 2.45) is 4.99 Å². The molecule has 0 spiro atoms. The number of rotatable bonds is 8. The molecule has 1 unspecified atom stereocenters. The highest BCUT2D eigenvalue weighted by Crippen LogP contribution is 2.23. The summed E-state index contributed by atoms with van der Waals surface area (Å²) in [7, 11) is 3.39. The molecule has 0 bridgehead atoms. The summed E-state index contributed by atoms with van der Waals surface area (Å²) in [6, 6.07) is 6.79. The predicted octanol–water partition coefficient (Wildman–Crippen LogP) is 3.07. The van der Waals surface area contributed by atoms with Crippen molar-refractivity contribution in [1.82, 2.24) is 15.5 Å². The van der Waals surface area contributed by atoms with Gasteiger partial charge in [-0.25, -0.2) is 4.99 Å². The van der Waals surface area contributed by atoms with Crippen LogP contribution in [0.1, 0.15) is 19.8 Å². The molecular weight excluding hydrogens is 519 g/mol. The Labute approximate surface area is 199 Å². The Morgan fingerprint density at radius 1 is 1.35 bits per heavy atom. The summed E-state index contributed by atoms with van der Waals surface area (Å²) >= 11 is 0. The summed E-state index contributed by atoms with van der Waals surface area (Å²) in [5, 5.41) is 6.61. The largest absolute Gasteiger partial charge is 0.435 e. The molecule has 2 rings (SSSR count). The van der Waals surface area contributed by atoms with Crippen molar-refractivity contribution in [2.45, 2.75) is 32.4 Å². The first-order chi connectivity index (χ1) is 14.2. The third kappa shape index (κ3) is 9.70. The van der Waals surface area contributed by atoms with Crippen molar-refractivity contribution >= 4 is 41.5 Å². The topological polar surface area (TPSA) is 69.2 Å². The van der Waals surface area contributed by atoms with Gasteiger partial charge in [0, 0.05) is 45.5 Å². The highest BCUT2D eigenvalue weighted by Gasteiger charge is 2.21. The number of halogens is 3. The number of nitrogens with zero attached hydrogens (tertiary/aromatic N) is 3. The van der Waals surface area contributed by atoms with Gasteiger partial charge in [-0.05, 0) is 44.0 Å². The number of guanidine groups is 1. The Balaban J connectivity index is 0.00000480. The Kier molecular flexibility index (Phi) is 11.6. The molecule has 1 saturated heterocycles. The number of benzene rings is 1. The van der Waals surface area contributed by atoms with E-state index in [2.05, 4.69) is 31.8 Å². The number of carbonyl (C=O) groups excluding carboxylic acids is 1. The average molecular weight is 551 g/mol. The van der Waals surface area contributed by atoms with Crippen molar-refractivity contribution in [3.8, 4) is 5.75 Å². The SMILES string of the molecule is C=C(C)CNC(=NCC(=O)N(C)C)NC1CCCN(c2ccc(OC(F)F)cc2)C1.I. The molecule has 1 amide bonds. The van der Waals surface area contributed by atoms with Crippen LogP contribution in [-0.4, -0.2) is 69.7 Å². The number of ether oxygens (including phenoxy) is 1. The number of anilines is 1. The van der Waals surface area contributed by atoms with E-state index in [0.717, 1.165) is 37.2 Å². The minimum atomic E-state index is -2.83. The van der Waals surface area contributed by atoms with Crippen LogP contribution in [0.4, 0.5) is 14.5 Å². The van der Waals surface area contributed by atoms with Gasteiger partial charge >= 0.3 is 6.61 Å². The van der Waals surface area contributed by atoms with Crippen molar-refractivity contribution in [1.29, 1.82) is 0 Å². The summed E-state index contributed by atoms with van der Waals surface area (Å²) in [6.45, 7) is 5.19. The number of alkyl halides is 2. The van der Waals surface area contributed by atoms with E-state index in [1.54, 1.807) is 38.4 Å². The molecule has 1 heterocycles. The fourth-order valence-corrected chi connectivity index (χ4v) is 3.04. The second-order valence-electron chi connectivity index (χ2n) is 7.57. The standard InChI is InChI=1S/C21H31F2N5O2.HI/c1-15(2)12-24-21(25-13-19(29)27(3)4)26-16-6-5-11-28(14-16)17-7-9-18(10-8-17)30-20(22)23;/h7-10,16,20H,1,5-6,11-14H2,2-4H3,(H2,24,25,26);1H. The van der Waals surface area contributed by atoms with E-state index in [9.17, 15) is 13.6 Å². The zero-order valence-corrected chi connectivity index (χ0v) is 20.6. The van der Waals surface area contributed by atoms with Gasteiger partial charge < -0.3 is 25.2 Å². The lowest BCUT2D eigenvalue weighted by Crippen LogP contribution is -2.51. The molecule has 0 radical (unpaired) electrons. The Morgan fingerprint density at radius 2 is 2.03 bits per heavy atom. The number of aliphatic imine (C=N–C) groups is 1. The molecule has 1 aliphatic rings. The van der Waals surface area contributed by atoms with Crippen LogP contribution in [0.5, 0.6) is 5.75 Å². The van der Waals surface area contributed by atoms with Crippen LogP contribution in [0.3, 0.4) is 0 Å². The van der Waals surface area contributed by atoms with E-state index in [1.807, 2.05) is 6.92 Å². The minimum absolute atomic E-state index is 0. The first kappa shape index (κ1) is 26.9. The smallest absolute Gasteiger partial charge is 0.387 e. The molecule has 174 valence electrons. The van der Waals surface area contributed by atoms with Gasteiger partial charge in [-0.2, -0.15) is 8.78 Å². The van der Waals surface area contributed by atoms with Gasteiger partial charge in [-0.1, -0.05) is 12.2 Å². The van der Waals surface area contributed by atoms with E-state index in [1.165, 1.54) is 4.90 Å². The summed E-state index contributed by atoms with van der Waals surface area (Å²) in [5.74, 6) is 0.632. The summed E-state index contributed by atoms with van der Waals surface area (Å²) < 4.78 is 29.1. The Bertz CT molecular complexity index is 744. The van der Waals surface area contributed by atoms with Crippen LogP contribution in [0.25, 0.3) is 0 Å². The maximum Gasteiger partial charge on any atom is 0.387 e. The number of hydrogen-bond acceptors (Lipinski definition) is 4. The molecule has 0 saturated carbocycles. The Hall–Kier alpha value is -2.11. The Morgan fingerprint density at radius 3 is 2.61 bits per heavy atom. The second kappa shape index (κ2) is 13.3. The molecule has 31 heavy (non-hydrogen) atoms. The first-order valence-electron chi connectivity index (χ1n) is 9.94. The molecule has 1 atom stereocenters. The monoisotopic (exact) mass is 551 g/mol. The number of carbonyl (C=O) groups is 1. The molecule has 7 nitrogen and oxygen atoms in total. The first-order valence-corrected chi connectivity index (χ1v) is 9.94. The third-order valence-electron chi connectivity index (χ3n) is 4.62. The predicted molar refractivity (Wildman–Crippen MR) is 131 cm³/mol. The minimum Gasteiger partial charge on any atom is -0.435 e. The number of piperidine rings is 1. The zero-order valence-electron chi connectivity index (χ0n) is 18.2. The van der Waals surface area contributed by atoms with Crippen LogP contribution in [-0.2, 0) is 4.79 Å². The zero-order chi connectivity index (χ0) is 22.1. The van der Waals surface area contributed by atoms with Gasteiger partial charge in [0.1, 0.15) is 12.3 Å². The third-order valence-corrected chi connectivity index (χ3v) is 4.62. The average Bonchev–Trinajstić information content (AvgIpc) is 2.70. The lowest BCUT2D eigenvalue weighted by atomic mass is 10.0. The second-order valence-corrected chi connectivity index (χ2v) is 7.57. The molecule has 1 fully saturated rings.